The molecule has 0 aliphatic heterocycles. The fraction of sp³-hybridized carbons (Fsp3) is 0.571. The zero-order chi connectivity index (χ0) is 14.0. The van der Waals surface area contributed by atoms with E-state index in [1.165, 1.54) is 11.3 Å². The normalized spacial score (nSPS) is 15.9. The predicted octanol–water partition coefficient (Wildman–Crippen LogP) is 2.44. The summed E-state index contributed by atoms with van der Waals surface area (Å²) in [7, 11) is 0. The smallest absolute Gasteiger partial charge is 0.349 e. The number of carbonyl (C=O) groups excluding carboxylic acids is 2. The number of hydrogen-bond acceptors (Lipinski definition) is 4. The van der Waals surface area contributed by atoms with E-state index in [9.17, 15) is 9.59 Å². The van der Waals surface area contributed by atoms with Gasteiger partial charge in [-0.25, -0.2) is 4.79 Å². The van der Waals surface area contributed by atoms with E-state index in [-0.39, 0.29) is 11.9 Å². The lowest BCUT2D eigenvalue weighted by atomic mass is 10.2. The summed E-state index contributed by atoms with van der Waals surface area (Å²) in [5, 5.41) is 2.83. The van der Waals surface area contributed by atoms with Crippen molar-refractivity contribution in [2.24, 2.45) is 0 Å². The quantitative estimate of drug-likeness (QED) is 0.843. The van der Waals surface area contributed by atoms with Gasteiger partial charge < -0.3 is 10.1 Å². The van der Waals surface area contributed by atoms with E-state index in [0.717, 1.165) is 29.7 Å². The van der Waals surface area contributed by atoms with Gasteiger partial charge in [0.05, 0.1) is 0 Å². The third-order valence-corrected chi connectivity index (χ3v) is 4.25. The first-order chi connectivity index (χ1) is 9.01. The number of nitrogens with one attached hydrogen (secondary N) is 1. The molecule has 0 unspecified atom stereocenters. The van der Waals surface area contributed by atoms with Crippen LogP contribution in [-0.4, -0.2) is 24.0 Å². The fourth-order valence-corrected chi connectivity index (χ4v) is 2.79. The number of carbonyl (C=O) groups is 2. The van der Waals surface area contributed by atoms with Crippen LogP contribution >= 0.6 is 11.3 Å². The van der Waals surface area contributed by atoms with Gasteiger partial charge in [-0.2, -0.15) is 0 Å². The minimum Gasteiger partial charge on any atom is -0.448 e. The molecule has 104 valence electrons. The first-order valence-electron chi connectivity index (χ1n) is 6.62. The Labute approximate surface area is 117 Å². The van der Waals surface area contributed by atoms with Gasteiger partial charge in [-0.05, 0) is 44.7 Å². The van der Waals surface area contributed by atoms with Crippen molar-refractivity contribution >= 4 is 23.2 Å². The van der Waals surface area contributed by atoms with E-state index in [0.29, 0.717) is 4.88 Å². The highest BCUT2D eigenvalue weighted by molar-refractivity contribution is 7.14. The fourth-order valence-electron chi connectivity index (χ4n) is 1.79. The zero-order valence-electron chi connectivity index (χ0n) is 11.5. The number of thiophene rings is 1. The number of aryl methyl sites for hydroxylation is 2. The molecule has 1 amide bonds. The average Bonchev–Trinajstić information content (AvgIpc) is 3.09. The van der Waals surface area contributed by atoms with Gasteiger partial charge in [0.2, 0.25) is 0 Å². The minimum absolute atomic E-state index is 0.208. The Morgan fingerprint density at radius 2 is 2.21 bits per heavy atom. The molecule has 1 atom stereocenters. The van der Waals surface area contributed by atoms with Crippen molar-refractivity contribution in [3.63, 3.8) is 0 Å². The molecule has 0 spiro atoms. The van der Waals surface area contributed by atoms with Gasteiger partial charge in [0.25, 0.3) is 5.91 Å². The van der Waals surface area contributed by atoms with Crippen LogP contribution in [0.15, 0.2) is 6.07 Å². The molecule has 0 saturated heterocycles. The summed E-state index contributed by atoms with van der Waals surface area (Å²) in [5.41, 5.74) is 1.16. The van der Waals surface area contributed by atoms with E-state index in [1.54, 1.807) is 6.92 Å². The second-order valence-corrected chi connectivity index (χ2v) is 6.13. The monoisotopic (exact) mass is 281 g/mol. The number of amides is 1. The average molecular weight is 281 g/mol. The van der Waals surface area contributed by atoms with Crippen LogP contribution < -0.4 is 5.32 Å². The number of rotatable bonds is 5. The second kappa shape index (κ2) is 5.74. The third-order valence-electron chi connectivity index (χ3n) is 3.18. The summed E-state index contributed by atoms with van der Waals surface area (Å²) in [6.45, 7) is 5.65. The maximum absolute atomic E-state index is 12.0. The van der Waals surface area contributed by atoms with Crippen molar-refractivity contribution in [2.75, 3.05) is 0 Å². The van der Waals surface area contributed by atoms with Gasteiger partial charge in [-0.1, -0.05) is 6.92 Å². The summed E-state index contributed by atoms with van der Waals surface area (Å²) >= 11 is 1.42. The summed E-state index contributed by atoms with van der Waals surface area (Å²) in [6, 6.07) is 2.14. The van der Waals surface area contributed by atoms with Crippen molar-refractivity contribution in [1.29, 1.82) is 0 Å². The Kier molecular flexibility index (Phi) is 4.24. The minimum atomic E-state index is -0.736. The molecule has 1 saturated carbocycles. The van der Waals surface area contributed by atoms with E-state index in [1.807, 2.05) is 13.0 Å². The maximum atomic E-state index is 12.0. The highest BCUT2D eigenvalue weighted by Gasteiger charge is 2.27. The van der Waals surface area contributed by atoms with Gasteiger partial charge >= 0.3 is 5.97 Å². The molecule has 1 aromatic rings. The van der Waals surface area contributed by atoms with Crippen LogP contribution in [0.1, 0.15) is 46.8 Å². The molecule has 0 radical (unpaired) electrons. The summed E-state index contributed by atoms with van der Waals surface area (Å²) in [5.74, 6) is -0.619. The van der Waals surface area contributed by atoms with Crippen LogP contribution in [0, 0.1) is 6.92 Å². The van der Waals surface area contributed by atoms with Crippen LogP contribution in [0.2, 0.25) is 0 Å². The Balaban J connectivity index is 1.93. The summed E-state index contributed by atoms with van der Waals surface area (Å²) in [4.78, 5) is 25.4. The standard InChI is InChI=1S/C14H19NO3S/c1-4-10-7-12(19-9(10)3)14(17)18-8(2)13(16)15-11-5-6-11/h7-8,11H,4-6H2,1-3H3,(H,15,16)/t8-/m0/s1. The van der Waals surface area contributed by atoms with Gasteiger partial charge in [-0.3, -0.25) is 4.79 Å². The Hall–Kier alpha value is -1.36. The van der Waals surface area contributed by atoms with Crippen LogP contribution in [0.3, 0.4) is 0 Å². The zero-order valence-corrected chi connectivity index (χ0v) is 12.3. The van der Waals surface area contributed by atoms with Crippen LogP contribution in [0.5, 0.6) is 0 Å². The lowest BCUT2D eigenvalue weighted by Crippen LogP contribution is -2.36. The van der Waals surface area contributed by atoms with Gasteiger partial charge in [0.15, 0.2) is 6.10 Å². The SMILES string of the molecule is CCc1cc(C(=O)O[C@@H](C)C(=O)NC2CC2)sc1C. The molecule has 1 N–H and O–H groups in total. The lowest BCUT2D eigenvalue weighted by Gasteiger charge is -2.12. The molecule has 5 heteroatoms. The van der Waals surface area contributed by atoms with Crippen molar-refractivity contribution in [3.8, 4) is 0 Å². The van der Waals surface area contributed by atoms with Gasteiger partial charge in [0, 0.05) is 10.9 Å². The molecule has 1 heterocycles. The highest BCUT2D eigenvalue weighted by Crippen LogP contribution is 2.23. The van der Waals surface area contributed by atoms with Crippen molar-refractivity contribution in [3.05, 3.63) is 21.4 Å². The molecule has 19 heavy (non-hydrogen) atoms. The first kappa shape index (κ1) is 14.1. The Morgan fingerprint density at radius 1 is 1.53 bits per heavy atom. The Morgan fingerprint density at radius 3 is 2.74 bits per heavy atom. The van der Waals surface area contributed by atoms with E-state index in [2.05, 4.69) is 12.2 Å². The van der Waals surface area contributed by atoms with Crippen LogP contribution in [0.4, 0.5) is 0 Å². The molecule has 0 bridgehead atoms. The van der Waals surface area contributed by atoms with Crippen LogP contribution in [0.25, 0.3) is 0 Å². The highest BCUT2D eigenvalue weighted by atomic mass is 32.1. The van der Waals surface area contributed by atoms with Gasteiger partial charge in [-0.15, -0.1) is 11.3 Å². The first-order valence-corrected chi connectivity index (χ1v) is 7.43. The predicted molar refractivity (Wildman–Crippen MR) is 74.5 cm³/mol. The number of esters is 1. The molecule has 1 aromatic heterocycles. The summed E-state index contributed by atoms with van der Waals surface area (Å²) in [6.07, 6.45) is 2.21. The largest absolute Gasteiger partial charge is 0.448 e. The molecule has 1 aliphatic rings. The third kappa shape index (κ3) is 3.56. The molecule has 4 nitrogen and oxygen atoms in total. The lowest BCUT2D eigenvalue weighted by molar-refractivity contribution is -0.129. The van der Waals surface area contributed by atoms with Crippen molar-refractivity contribution in [1.82, 2.24) is 5.32 Å². The molecular weight excluding hydrogens is 262 g/mol. The molecule has 0 aromatic carbocycles. The van der Waals surface area contributed by atoms with E-state index >= 15 is 0 Å². The topological polar surface area (TPSA) is 55.4 Å². The van der Waals surface area contributed by atoms with E-state index in [4.69, 9.17) is 4.74 Å². The van der Waals surface area contributed by atoms with Crippen molar-refractivity contribution < 1.29 is 14.3 Å². The van der Waals surface area contributed by atoms with Gasteiger partial charge in [0.1, 0.15) is 4.88 Å². The molecule has 2 rings (SSSR count). The number of hydrogen-bond donors (Lipinski definition) is 1. The molecular formula is C14H19NO3S. The maximum Gasteiger partial charge on any atom is 0.349 e. The number of ether oxygens (including phenoxy) is 1. The summed E-state index contributed by atoms with van der Waals surface area (Å²) < 4.78 is 5.20. The van der Waals surface area contributed by atoms with Crippen LogP contribution in [-0.2, 0) is 16.0 Å². The van der Waals surface area contributed by atoms with Crippen molar-refractivity contribution in [2.45, 2.75) is 52.2 Å². The molecule has 1 aliphatic carbocycles. The molecule has 1 fully saturated rings. The second-order valence-electron chi connectivity index (χ2n) is 4.88. The van der Waals surface area contributed by atoms with E-state index < -0.39 is 12.1 Å². The Bertz CT molecular complexity index is 491.